The van der Waals surface area contributed by atoms with Crippen molar-refractivity contribution in [2.24, 2.45) is 0 Å². The molecule has 2 N–H and O–H groups in total. The number of aryl methyl sites for hydroxylation is 2. The molecule has 0 heterocycles. The van der Waals surface area contributed by atoms with E-state index in [2.05, 4.69) is 10.0 Å². The van der Waals surface area contributed by atoms with E-state index in [1.165, 1.54) is 19.2 Å². The van der Waals surface area contributed by atoms with E-state index in [0.717, 1.165) is 11.1 Å². The SMILES string of the molecule is COc1cccc(CNC(=O)c2cc(S(=O)(=O)Nc3ccc(C)cc3)ccc2C)c1OC. The van der Waals surface area contributed by atoms with Gasteiger partial charge in [-0.05, 0) is 49.7 Å². The molecule has 0 saturated heterocycles. The molecule has 0 aliphatic rings. The third kappa shape index (κ3) is 5.20. The number of anilines is 1. The maximum Gasteiger partial charge on any atom is 0.261 e. The predicted octanol–water partition coefficient (Wildman–Crippen LogP) is 4.05. The lowest BCUT2D eigenvalue weighted by molar-refractivity contribution is 0.0949. The summed E-state index contributed by atoms with van der Waals surface area (Å²) in [5.74, 6) is 0.705. The van der Waals surface area contributed by atoms with E-state index in [1.807, 2.05) is 25.1 Å². The van der Waals surface area contributed by atoms with Gasteiger partial charge in [-0.25, -0.2) is 8.42 Å². The molecular formula is C24H26N2O5S. The van der Waals surface area contributed by atoms with Crippen LogP contribution in [-0.2, 0) is 16.6 Å². The Balaban J connectivity index is 1.81. The Hall–Kier alpha value is -3.52. The van der Waals surface area contributed by atoms with Gasteiger partial charge in [-0.2, -0.15) is 0 Å². The summed E-state index contributed by atoms with van der Waals surface area (Å²) in [5, 5.41) is 2.83. The number of rotatable bonds is 8. The summed E-state index contributed by atoms with van der Waals surface area (Å²) in [4.78, 5) is 12.9. The summed E-state index contributed by atoms with van der Waals surface area (Å²) in [6, 6.07) is 16.9. The molecule has 0 atom stereocenters. The van der Waals surface area contributed by atoms with Crippen LogP contribution in [0.1, 0.15) is 27.0 Å². The Labute approximate surface area is 188 Å². The van der Waals surface area contributed by atoms with Crippen LogP contribution in [0.3, 0.4) is 0 Å². The first-order chi connectivity index (χ1) is 15.2. The van der Waals surface area contributed by atoms with Gasteiger partial charge in [-0.1, -0.05) is 35.9 Å². The van der Waals surface area contributed by atoms with Crippen molar-refractivity contribution in [3.63, 3.8) is 0 Å². The van der Waals surface area contributed by atoms with E-state index in [0.29, 0.717) is 22.7 Å². The van der Waals surface area contributed by atoms with Gasteiger partial charge in [0.1, 0.15) is 0 Å². The molecule has 0 aromatic heterocycles. The number of hydrogen-bond donors (Lipinski definition) is 2. The van der Waals surface area contributed by atoms with Crippen LogP contribution in [0.2, 0.25) is 0 Å². The Bertz CT molecular complexity index is 1220. The largest absolute Gasteiger partial charge is 0.493 e. The lowest BCUT2D eigenvalue weighted by atomic mass is 10.1. The fourth-order valence-corrected chi connectivity index (χ4v) is 4.30. The summed E-state index contributed by atoms with van der Waals surface area (Å²) in [6.07, 6.45) is 0. The minimum Gasteiger partial charge on any atom is -0.493 e. The van der Waals surface area contributed by atoms with Gasteiger partial charge >= 0.3 is 0 Å². The number of hydrogen-bond acceptors (Lipinski definition) is 5. The van der Waals surface area contributed by atoms with Crippen LogP contribution in [0.4, 0.5) is 5.69 Å². The average Bonchev–Trinajstić information content (AvgIpc) is 2.78. The second-order valence-corrected chi connectivity index (χ2v) is 8.97. The highest BCUT2D eigenvalue weighted by molar-refractivity contribution is 7.92. The summed E-state index contributed by atoms with van der Waals surface area (Å²) in [5.41, 5.74) is 3.15. The molecule has 0 saturated carbocycles. The van der Waals surface area contributed by atoms with Crippen LogP contribution >= 0.6 is 0 Å². The minimum absolute atomic E-state index is 0.00721. The number of para-hydroxylation sites is 1. The summed E-state index contributed by atoms with van der Waals surface area (Å²) >= 11 is 0. The zero-order chi connectivity index (χ0) is 23.3. The molecule has 3 rings (SSSR count). The molecular weight excluding hydrogens is 428 g/mol. The molecule has 0 unspecified atom stereocenters. The maximum atomic E-state index is 12.9. The van der Waals surface area contributed by atoms with E-state index in [9.17, 15) is 13.2 Å². The second kappa shape index (κ2) is 9.74. The lowest BCUT2D eigenvalue weighted by Crippen LogP contribution is -2.24. The third-order valence-electron chi connectivity index (χ3n) is 4.99. The summed E-state index contributed by atoms with van der Waals surface area (Å²) < 4.78 is 38.9. The topological polar surface area (TPSA) is 93.7 Å². The zero-order valence-electron chi connectivity index (χ0n) is 18.4. The maximum absolute atomic E-state index is 12.9. The molecule has 7 nitrogen and oxygen atoms in total. The van der Waals surface area contributed by atoms with Crippen LogP contribution < -0.4 is 19.5 Å². The van der Waals surface area contributed by atoms with Crippen LogP contribution in [0.25, 0.3) is 0 Å². The monoisotopic (exact) mass is 454 g/mol. The second-order valence-electron chi connectivity index (χ2n) is 7.28. The van der Waals surface area contributed by atoms with Crippen molar-refractivity contribution in [1.29, 1.82) is 0 Å². The molecule has 3 aromatic rings. The number of amides is 1. The fourth-order valence-electron chi connectivity index (χ4n) is 3.21. The number of nitrogens with one attached hydrogen (secondary N) is 2. The number of carbonyl (C=O) groups is 1. The highest BCUT2D eigenvalue weighted by Gasteiger charge is 2.19. The highest BCUT2D eigenvalue weighted by atomic mass is 32.2. The third-order valence-corrected chi connectivity index (χ3v) is 6.37. The quantitative estimate of drug-likeness (QED) is 0.536. The van der Waals surface area contributed by atoms with Crippen molar-refractivity contribution in [2.75, 3.05) is 18.9 Å². The normalized spacial score (nSPS) is 11.0. The van der Waals surface area contributed by atoms with Crippen molar-refractivity contribution in [3.8, 4) is 11.5 Å². The number of ether oxygens (including phenoxy) is 2. The molecule has 0 aliphatic heterocycles. The van der Waals surface area contributed by atoms with E-state index < -0.39 is 10.0 Å². The number of sulfonamides is 1. The van der Waals surface area contributed by atoms with Crippen LogP contribution in [0.15, 0.2) is 65.6 Å². The van der Waals surface area contributed by atoms with Gasteiger partial charge in [-0.3, -0.25) is 9.52 Å². The van der Waals surface area contributed by atoms with Crippen molar-refractivity contribution in [1.82, 2.24) is 5.32 Å². The van der Waals surface area contributed by atoms with E-state index >= 15 is 0 Å². The van der Waals surface area contributed by atoms with Gasteiger partial charge in [0.15, 0.2) is 11.5 Å². The Morgan fingerprint density at radius 2 is 1.66 bits per heavy atom. The molecule has 8 heteroatoms. The van der Waals surface area contributed by atoms with Crippen molar-refractivity contribution >= 4 is 21.6 Å². The first-order valence-electron chi connectivity index (χ1n) is 9.93. The van der Waals surface area contributed by atoms with Crippen LogP contribution in [0, 0.1) is 13.8 Å². The van der Waals surface area contributed by atoms with Gasteiger partial charge < -0.3 is 14.8 Å². The van der Waals surface area contributed by atoms with Crippen molar-refractivity contribution in [3.05, 3.63) is 82.9 Å². The molecule has 32 heavy (non-hydrogen) atoms. The number of methoxy groups -OCH3 is 2. The zero-order valence-corrected chi connectivity index (χ0v) is 19.2. The molecule has 3 aromatic carbocycles. The van der Waals surface area contributed by atoms with E-state index in [1.54, 1.807) is 44.4 Å². The van der Waals surface area contributed by atoms with Crippen molar-refractivity contribution < 1.29 is 22.7 Å². The summed E-state index contributed by atoms with van der Waals surface area (Å²) in [7, 11) is -0.780. The number of carbonyl (C=O) groups excluding carboxylic acids is 1. The van der Waals surface area contributed by atoms with Gasteiger partial charge in [0.05, 0.1) is 19.1 Å². The highest BCUT2D eigenvalue weighted by Crippen LogP contribution is 2.30. The van der Waals surface area contributed by atoms with E-state index in [4.69, 9.17) is 9.47 Å². The number of benzene rings is 3. The van der Waals surface area contributed by atoms with E-state index in [-0.39, 0.29) is 22.9 Å². The van der Waals surface area contributed by atoms with Crippen LogP contribution in [0.5, 0.6) is 11.5 Å². The molecule has 0 aliphatic carbocycles. The standard InChI is InChI=1S/C24H26N2O5S/c1-16-8-11-19(12-9-16)26-32(28,29)20-13-10-17(2)21(14-20)24(27)25-15-18-6-5-7-22(30-3)23(18)31-4/h5-14,26H,15H2,1-4H3,(H,25,27). The predicted molar refractivity (Wildman–Crippen MR) is 124 cm³/mol. The molecule has 168 valence electrons. The minimum atomic E-state index is -3.85. The average molecular weight is 455 g/mol. The Morgan fingerprint density at radius 3 is 2.31 bits per heavy atom. The fraction of sp³-hybridized carbons (Fsp3) is 0.208. The Kier molecular flexibility index (Phi) is 7.05. The van der Waals surface area contributed by atoms with Gasteiger partial charge in [0.25, 0.3) is 15.9 Å². The molecule has 0 radical (unpaired) electrons. The van der Waals surface area contributed by atoms with Crippen LogP contribution in [-0.4, -0.2) is 28.5 Å². The molecule has 0 spiro atoms. The van der Waals surface area contributed by atoms with Gasteiger partial charge in [0, 0.05) is 23.4 Å². The smallest absolute Gasteiger partial charge is 0.261 e. The van der Waals surface area contributed by atoms with Gasteiger partial charge in [0.2, 0.25) is 0 Å². The first-order valence-corrected chi connectivity index (χ1v) is 11.4. The lowest BCUT2D eigenvalue weighted by Gasteiger charge is -2.14. The molecule has 0 fully saturated rings. The molecule has 1 amide bonds. The first kappa shape index (κ1) is 23.1. The Morgan fingerprint density at radius 1 is 0.938 bits per heavy atom. The summed E-state index contributed by atoms with van der Waals surface area (Å²) in [6.45, 7) is 3.87. The molecule has 0 bridgehead atoms. The van der Waals surface area contributed by atoms with Gasteiger partial charge in [-0.15, -0.1) is 0 Å². The van der Waals surface area contributed by atoms with Crippen molar-refractivity contribution in [2.45, 2.75) is 25.3 Å².